The minimum Gasteiger partial charge on any atom is -0.493 e. The molecule has 0 amide bonds. The molecule has 21 heavy (non-hydrogen) atoms. The lowest BCUT2D eigenvalue weighted by atomic mass is 10.0. The average molecular weight is 283 g/mol. The summed E-state index contributed by atoms with van der Waals surface area (Å²) in [5, 5.41) is 2.13. The second kappa shape index (κ2) is 7.82. The van der Waals surface area contributed by atoms with Crippen molar-refractivity contribution < 1.29 is 9.53 Å². The van der Waals surface area contributed by atoms with Gasteiger partial charge in [-0.15, -0.1) is 0 Å². The van der Waals surface area contributed by atoms with E-state index in [1.807, 2.05) is 36.6 Å². The largest absolute Gasteiger partial charge is 0.493 e. The van der Waals surface area contributed by atoms with Gasteiger partial charge in [0.1, 0.15) is 5.75 Å². The second-order valence-electron chi connectivity index (χ2n) is 5.55. The molecule has 0 aliphatic heterocycles. The molecule has 0 saturated heterocycles. The van der Waals surface area contributed by atoms with Crippen LogP contribution in [0.2, 0.25) is 0 Å². The van der Waals surface area contributed by atoms with Crippen LogP contribution in [0.1, 0.15) is 45.1 Å². The van der Waals surface area contributed by atoms with Gasteiger partial charge < -0.3 is 4.74 Å². The molecule has 0 N–H and O–H groups in total. The highest BCUT2D eigenvalue weighted by molar-refractivity contribution is 5.89. The standard InChI is InChI=1S/C19H23O2/c1-3-5-6-15(4-2)14-21-19-10-9-17-11-16(13-20)7-8-18(17)12-19/h7-12,15H,3-6,14H2,1-2H3. The zero-order chi connectivity index (χ0) is 15.1. The summed E-state index contributed by atoms with van der Waals surface area (Å²) in [7, 11) is 0. The summed E-state index contributed by atoms with van der Waals surface area (Å²) in [6.07, 6.45) is 6.82. The van der Waals surface area contributed by atoms with Crippen molar-refractivity contribution in [2.75, 3.05) is 6.61 Å². The Balaban J connectivity index is 2.03. The summed E-state index contributed by atoms with van der Waals surface area (Å²) in [6, 6.07) is 11.6. The van der Waals surface area contributed by atoms with Crippen molar-refractivity contribution in [1.29, 1.82) is 0 Å². The first-order valence-corrected chi connectivity index (χ1v) is 7.81. The molecule has 0 aliphatic rings. The summed E-state index contributed by atoms with van der Waals surface area (Å²) >= 11 is 0. The number of rotatable bonds is 8. The molecule has 2 aromatic rings. The number of hydrogen-bond donors (Lipinski definition) is 0. The third-order valence-electron chi connectivity index (χ3n) is 3.96. The molecule has 0 aromatic heterocycles. The van der Waals surface area contributed by atoms with Gasteiger partial charge in [-0.2, -0.15) is 0 Å². The average Bonchev–Trinajstić information content (AvgIpc) is 2.54. The van der Waals surface area contributed by atoms with Gasteiger partial charge in [0.15, 0.2) is 0 Å². The van der Waals surface area contributed by atoms with E-state index >= 15 is 0 Å². The highest BCUT2D eigenvalue weighted by Gasteiger charge is 2.07. The van der Waals surface area contributed by atoms with E-state index in [0.29, 0.717) is 11.5 Å². The number of unbranched alkanes of at least 4 members (excludes halogenated alkanes) is 1. The molecule has 0 aliphatic carbocycles. The molecule has 111 valence electrons. The molecule has 2 heteroatoms. The SMILES string of the molecule is CCCCC(CC)COc1ccc2cc([C]=O)ccc2c1. The Hall–Kier alpha value is -1.83. The van der Waals surface area contributed by atoms with E-state index in [-0.39, 0.29) is 0 Å². The molecular weight excluding hydrogens is 260 g/mol. The maximum absolute atomic E-state index is 10.7. The summed E-state index contributed by atoms with van der Waals surface area (Å²) in [6.45, 7) is 5.23. The third kappa shape index (κ3) is 4.32. The minimum absolute atomic E-state index is 0.585. The molecule has 2 aromatic carbocycles. The first-order valence-electron chi connectivity index (χ1n) is 7.81. The number of carbonyl (C=O) groups excluding carboxylic acids is 1. The van der Waals surface area contributed by atoms with E-state index in [9.17, 15) is 4.79 Å². The fraction of sp³-hybridized carbons (Fsp3) is 0.421. The maximum Gasteiger partial charge on any atom is 0.233 e. The Bertz CT molecular complexity index is 589. The smallest absolute Gasteiger partial charge is 0.233 e. The molecule has 0 saturated carbocycles. The molecule has 2 nitrogen and oxygen atoms in total. The van der Waals surface area contributed by atoms with E-state index in [0.717, 1.165) is 29.5 Å². The Morgan fingerprint density at radius 1 is 1.10 bits per heavy atom. The predicted octanol–water partition coefficient (Wildman–Crippen LogP) is 4.89. The Labute approximate surface area is 127 Å². The molecule has 2 rings (SSSR count). The second-order valence-corrected chi connectivity index (χ2v) is 5.55. The Morgan fingerprint density at radius 2 is 1.86 bits per heavy atom. The zero-order valence-corrected chi connectivity index (χ0v) is 12.9. The third-order valence-corrected chi connectivity index (χ3v) is 3.96. The van der Waals surface area contributed by atoms with Crippen LogP contribution in [0, 0.1) is 5.92 Å². The molecular formula is C19H23O2. The topological polar surface area (TPSA) is 26.3 Å². The summed E-state index contributed by atoms with van der Waals surface area (Å²) in [4.78, 5) is 10.7. The van der Waals surface area contributed by atoms with Crippen LogP contribution in [-0.4, -0.2) is 12.9 Å². The first-order chi connectivity index (χ1) is 10.3. The van der Waals surface area contributed by atoms with E-state index in [2.05, 4.69) is 13.8 Å². The predicted molar refractivity (Wildman–Crippen MR) is 87.5 cm³/mol. The van der Waals surface area contributed by atoms with Crippen molar-refractivity contribution in [3.63, 3.8) is 0 Å². The van der Waals surface area contributed by atoms with Crippen LogP contribution in [0.4, 0.5) is 0 Å². The lowest BCUT2D eigenvalue weighted by molar-refractivity contribution is 0.233. The van der Waals surface area contributed by atoms with Gasteiger partial charge in [0.25, 0.3) is 0 Å². The fourth-order valence-electron chi connectivity index (χ4n) is 2.49. The van der Waals surface area contributed by atoms with Gasteiger partial charge in [-0.1, -0.05) is 51.3 Å². The van der Waals surface area contributed by atoms with Gasteiger partial charge in [-0.25, -0.2) is 0 Å². The van der Waals surface area contributed by atoms with Crippen LogP contribution >= 0.6 is 0 Å². The molecule has 0 spiro atoms. The minimum atomic E-state index is 0.585. The Kier molecular flexibility index (Phi) is 5.79. The zero-order valence-electron chi connectivity index (χ0n) is 12.9. The van der Waals surface area contributed by atoms with Gasteiger partial charge in [0.2, 0.25) is 6.29 Å². The molecule has 0 heterocycles. The fourth-order valence-corrected chi connectivity index (χ4v) is 2.49. The van der Waals surface area contributed by atoms with Crippen LogP contribution in [0.15, 0.2) is 36.4 Å². The number of ether oxygens (including phenoxy) is 1. The quantitative estimate of drug-likeness (QED) is 0.689. The molecule has 1 radical (unpaired) electrons. The van der Waals surface area contributed by atoms with E-state index in [1.165, 1.54) is 19.3 Å². The van der Waals surface area contributed by atoms with Crippen LogP contribution in [0.5, 0.6) is 5.75 Å². The van der Waals surface area contributed by atoms with E-state index in [1.54, 1.807) is 6.07 Å². The van der Waals surface area contributed by atoms with Crippen molar-refractivity contribution in [3.05, 3.63) is 42.0 Å². The van der Waals surface area contributed by atoms with E-state index < -0.39 is 0 Å². The highest BCUT2D eigenvalue weighted by atomic mass is 16.5. The summed E-state index contributed by atoms with van der Waals surface area (Å²) < 4.78 is 5.94. The number of hydrogen-bond acceptors (Lipinski definition) is 2. The van der Waals surface area contributed by atoms with Gasteiger partial charge in [0.05, 0.1) is 6.61 Å². The lowest BCUT2D eigenvalue weighted by Gasteiger charge is -2.15. The molecule has 0 bridgehead atoms. The van der Waals surface area contributed by atoms with Gasteiger partial charge in [-0.05, 0) is 41.3 Å². The van der Waals surface area contributed by atoms with Crippen LogP contribution < -0.4 is 4.74 Å². The Morgan fingerprint density at radius 3 is 2.57 bits per heavy atom. The summed E-state index contributed by atoms with van der Waals surface area (Å²) in [5.74, 6) is 1.54. The van der Waals surface area contributed by atoms with Crippen molar-refractivity contribution in [1.82, 2.24) is 0 Å². The number of fused-ring (bicyclic) bond motifs is 1. The number of benzene rings is 2. The van der Waals surface area contributed by atoms with Gasteiger partial charge >= 0.3 is 0 Å². The van der Waals surface area contributed by atoms with Crippen molar-refractivity contribution in [2.24, 2.45) is 5.92 Å². The molecule has 1 atom stereocenters. The van der Waals surface area contributed by atoms with Crippen molar-refractivity contribution in [2.45, 2.75) is 39.5 Å². The van der Waals surface area contributed by atoms with Gasteiger partial charge in [-0.3, -0.25) is 4.79 Å². The molecule has 1 unspecified atom stereocenters. The van der Waals surface area contributed by atoms with Crippen molar-refractivity contribution in [3.8, 4) is 5.75 Å². The van der Waals surface area contributed by atoms with Crippen molar-refractivity contribution >= 4 is 17.1 Å². The summed E-state index contributed by atoms with van der Waals surface area (Å²) in [5.41, 5.74) is 0.585. The van der Waals surface area contributed by atoms with Crippen LogP contribution in [0.3, 0.4) is 0 Å². The lowest BCUT2D eigenvalue weighted by Crippen LogP contribution is -2.11. The molecule has 0 fully saturated rings. The van der Waals surface area contributed by atoms with E-state index in [4.69, 9.17) is 4.74 Å². The maximum atomic E-state index is 10.7. The normalized spacial score (nSPS) is 12.3. The highest BCUT2D eigenvalue weighted by Crippen LogP contribution is 2.23. The van der Waals surface area contributed by atoms with Crippen LogP contribution in [0.25, 0.3) is 10.8 Å². The first kappa shape index (κ1) is 15.6. The van der Waals surface area contributed by atoms with Crippen LogP contribution in [-0.2, 0) is 4.79 Å². The van der Waals surface area contributed by atoms with Gasteiger partial charge in [0, 0.05) is 5.56 Å². The monoisotopic (exact) mass is 283 g/mol.